The van der Waals surface area contributed by atoms with Gasteiger partial charge in [0.1, 0.15) is 5.54 Å². The minimum absolute atomic E-state index is 0.424. The van der Waals surface area contributed by atoms with E-state index in [0.717, 1.165) is 16.6 Å². The molecule has 2 N–H and O–H groups in total. The number of carboxylic acids is 1. The van der Waals surface area contributed by atoms with E-state index >= 15 is 0 Å². The number of hydrogen-bond donors (Lipinski definition) is 2. The van der Waals surface area contributed by atoms with Crippen molar-refractivity contribution >= 4 is 27.6 Å². The zero-order valence-corrected chi connectivity index (χ0v) is 12.9. The molecule has 0 spiro atoms. The van der Waals surface area contributed by atoms with Gasteiger partial charge in [-0.2, -0.15) is 0 Å². The van der Waals surface area contributed by atoms with Crippen molar-refractivity contribution in [1.29, 1.82) is 0 Å². The zero-order chi connectivity index (χ0) is 14.0. The van der Waals surface area contributed by atoms with Crippen molar-refractivity contribution in [3.05, 3.63) is 28.7 Å². The summed E-state index contributed by atoms with van der Waals surface area (Å²) in [4.78, 5) is 11.7. The van der Waals surface area contributed by atoms with Crippen LogP contribution in [0.25, 0.3) is 0 Å². The lowest BCUT2D eigenvalue weighted by atomic mass is 9.71. The van der Waals surface area contributed by atoms with Gasteiger partial charge in [-0.25, -0.2) is 4.79 Å². The standard InChI is InChI=1S/C15H20BrNO2/c1-10-7-8-15(14(18)19,9-11(10)2)17-13-5-3-12(16)4-6-13/h3-6,10-11,17H,7-9H2,1-2H3,(H,18,19). The first-order chi connectivity index (χ1) is 8.93. The third-order valence-corrected chi connectivity index (χ3v) is 4.83. The second-order valence-electron chi connectivity index (χ2n) is 5.72. The highest BCUT2D eigenvalue weighted by molar-refractivity contribution is 9.10. The van der Waals surface area contributed by atoms with Gasteiger partial charge in [-0.3, -0.25) is 0 Å². The highest BCUT2D eigenvalue weighted by atomic mass is 79.9. The molecule has 0 heterocycles. The molecule has 0 aliphatic heterocycles. The van der Waals surface area contributed by atoms with Gasteiger partial charge in [0.2, 0.25) is 0 Å². The van der Waals surface area contributed by atoms with E-state index in [4.69, 9.17) is 0 Å². The molecule has 1 aromatic rings. The second kappa shape index (κ2) is 5.53. The molecule has 2 rings (SSSR count). The third kappa shape index (κ3) is 3.11. The van der Waals surface area contributed by atoms with E-state index in [2.05, 4.69) is 35.1 Å². The first kappa shape index (κ1) is 14.4. The molecule has 1 aliphatic rings. The molecule has 0 radical (unpaired) electrons. The largest absolute Gasteiger partial charge is 0.480 e. The Morgan fingerprint density at radius 3 is 2.47 bits per heavy atom. The quantitative estimate of drug-likeness (QED) is 0.878. The van der Waals surface area contributed by atoms with Crippen LogP contribution in [0.2, 0.25) is 0 Å². The van der Waals surface area contributed by atoms with Gasteiger partial charge in [0.15, 0.2) is 0 Å². The molecule has 0 amide bonds. The van der Waals surface area contributed by atoms with Crippen LogP contribution >= 0.6 is 15.9 Å². The SMILES string of the molecule is CC1CCC(Nc2ccc(Br)cc2)(C(=O)O)CC1C. The molecule has 0 bridgehead atoms. The number of hydrogen-bond acceptors (Lipinski definition) is 2. The molecule has 3 nitrogen and oxygen atoms in total. The van der Waals surface area contributed by atoms with Gasteiger partial charge in [0, 0.05) is 10.2 Å². The summed E-state index contributed by atoms with van der Waals surface area (Å²) in [6.45, 7) is 4.35. The van der Waals surface area contributed by atoms with Crippen LogP contribution in [0.4, 0.5) is 5.69 Å². The first-order valence-electron chi connectivity index (χ1n) is 6.70. The number of rotatable bonds is 3. The van der Waals surface area contributed by atoms with E-state index in [1.807, 2.05) is 24.3 Å². The topological polar surface area (TPSA) is 49.3 Å². The lowest BCUT2D eigenvalue weighted by molar-refractivity contribution is -0.144. The molecule has 1 fully saturated rings. The van der Waals surface area contributed by atoms with Crippen molar-refractivity contribution in [2.45, 2.75) is 38.6 Å². The zero-order valence-electron chi connectivity index (χ0n) is 11.3. The fraction of sp³-hybridized carbons (Fsp3) is 0.533. The Labute approximate surface area is 122 Å². The summed E-state index contributed by atoms with van der Waals surface area (Å²) in [5.41, 5.74) is 0.0482. The number of carboxylic acid groups (broad SMARTS) is 1. The Hall–Kier alpha value is -1.03. The van der Waals surface area contributed by atoms with E-state index in [0.29, 0.717) is 24.7 Å². The molecule has 1 saturated carbocycles. The molecule has 0 saturated heterocycles. The minimum atomic E-state index is -0.820. The van der Waals surface area contributed by atoms with Crippen molar-refractivity contribution in [2.24, 2.45) is 11.8 Å². The summed E-state index contributed by atoms with van der Waals surface area (Å²) < 4.78 is 0.994. The maximum atomic E-state index is 11.7. The molecular formula is C15H20BrNO2. The summed E-state index contributed by atoms with van der Waals surface area (Å²) in [7, 11) is 0. The number of carbonyl (C=O) groups is 1. The third-order valence-electron chi connectivity index (χ3n) is 4.31. The number of anilines is 1. The maximum Gasteiger partial charge on any atom is 0.329 e. The summed E-state index contributed by atoms with van der Waals surface area (Å²) in [5, 5.41) is 12.9. The molecule has 3 unspecified atom stereocenters. The van der Waals surface area contributed by atoms with Crippen LogP contribution in [-0.4, -0.2) is 16.6 Å². The fourth-order valence-corrected chi connectivity index (χ4v) is 3.05. The van der Waals surface area contributed by atoms with Gasteiger partial charge in [-0.05, 0) is 55.4 Å². The highest BCUT2D eigenvalue weighted by Crippen LogP contribution is 2.38. The van der Waals surface area contributed by atoms with Crippen molar-refractivity contribution < 1.29 is 9.90 Å². The van der Waals surface area contributed by atoms with Crippen LogP contribution in [-0.2, 0) is 4.79 Å². The Balaban J connectivity index is 2.21. The van der Waals surface area contributed by atoms with Crippen LogP contribution < -0.4 is 5.32 Å². The van der Waals surface area contributed by atoms with Crippen LogP contribution in [0.1, 0.15) is 33.1 Å². The number of aliphatic carboxylic acids is 1. The predicted molar refractivity (Wildman–Crippen MR) is 80.3 cm³/mol. The van der Waals surface area contributed by atoms with E-state index < -0.39 is 11.5 Å². The van der Waals surface area contributed by atoms with Crippen LogP contribution in [0.3, 0.4) is 0 Å². The Morgan fingerprint density at radius 2 is 1.95 bits per heavy atom. The van der Waals surface area contributed by atoms with E-state index in [-0.39, 0.29) is 0 Å². The monoisotopic (exact) mass is 325 g/mol. The first-order valence-corrected chi connectivity index (χ1v) is 7.49. The average Bonchev–Trinajstić information content (AvgIpc) is 2.37. The fourth-order valence-electron chi connectivity index (χ4n) is 2.78. The Morgan fingerprint density at radius 1 is 1.32 bits per heavy atom. The van der Waals surface area contributed by atoms with Crippen molar-refractivity contribution in [2.75, 3.05) is 5.32 Å². The van der Waals surface area contributed by atoms with Crippen LogP contribution in [0.15, 0.2) is 28.7 Å². The molecule has 1 aromatic carbocycles. The van der Waals surface area contributed by atoms with Gasteiger partial charge >= 0.3 is 5.97 Å². The van der Waals surface area contributed by atoms with Crippen molar-refractivity contribution in [3.8, 4) is 0 Å². The lowest BCUT2D eigenvalue weighted by Crippen LogP contribution is -2.51. The molecule has 19 heavy (non-hydrogen) atoms. The molecule has 1 aliphatic carbocycles. The molecular weight excluding hydrogens is 306 g/mol. The van der Waals surface area contributed by atoms with E-state index in [1.165, 1.54) is 0 Å². The molecule has 4 heteroatoms. The van der Waals surface area contributed by atoms with E-state index in [1.54, 1.807) is 0 Å². The summed E-state index contributed by atoms with van der Waals surface area (Å²) >= 11 is 3.39. The molecule has 3 atom stereocenters. The summed E-state index contributed by atoms with van der Waals surface area (Å²) in [6.07, 6.45) is 2.32. The number of benzene rings is 1. The summed E-state index contributed by atoms with van der Waals surface area (Å²) in [5.74, 6) is 0.279. The average molecular weight is 326 g/mol. The maximum absolute atomic E-state index is 11.7. The van der Waals surface area contributed by atoms with Crippen LogP contribution in [0.5, 0.6) is 0 Å². The smallest absolute Gasteiger partial charge is 0.329 e. The normalized spacial score (nSPS) is 30.9. The van der Waals surface area contributed by atoms with Gasteiger partial charge in [-0.1, -0.05) is 29.8 Å². The Bertz CT molecular complexity index is 460. The molecule has 0 aromatic heterocycles. The van der Waals surface area contributed by atoms with Crippen molar-refractivity contribution in [1.82, 2.24) is 0 Å². The number of nitrogens with one attached hydrogen (secondary N) is 1. The van der Waals surface area contributed by atoms with E-state index in [9.17, 15) is 9.90 Å². The predicted octanol–water partition coefficient (Wildman–Crippen LogP) is 4.14. The minimum Gasteiger partial charge on any atom is -0.480 e. The molecule has 104 valence electrons. The van der Waals surface area contributed by atoms with Crippen molar-refractivity contribution in [3.63, 3.8) is 0 Å². The summed E-state index contributed by atoms with van der Waals surface area (Å²) in [6, 6.07) is 7.68. The number of halogens is 1. The van der Waals surface area contributed by atoms with Gasteiger partial charge < -0.3 is 10.4 Å². The van der Waals surface area contributed by atoms with Gasteiger partial charge in [-0.15, -0.1) is 0 Å². The lowest BCUT2D eigenvalue weighted by Gasteiger charge is -2.40. The van der Waals surface area contributed by atoms with Gasteiger partial charge in [0.25, 0.3) is 0 Å². The highest BCUT2D eigenvalue weighted by Gasteiger charge is 2.43. The van der Waals surface area contributed by atoms with Crippen LogP contribution in [0, 0.1) is 11.8 Å². The Kier molecular flexibility index (Phi) is 4.19. The second-order valence-corrected chi connectivity index (χ2v) is 6.63. The van der Waals surface area contributed by atoms with Gasteiger partial charge in [0.05, 0.1) is 0 Å².